The van der Waals surface area contributed by atoms with Crippen molar-refractivity contribution in [3.63, 3.8) is 0 Å². The van der Waals surface area contributed by atoms with Crippen LogP contribution in [-0.4, -0.2) is 39.7 Å². The van der Waals surface area contributed by atoms with Gasteiger partial charge in [0.2, 0.25) is 0 Å². The third-order valence-corrected chi connectivity index (χ3v) is 5.58. The fourth-order valence-corrected chi connectivity index (χ4v) is 4.18. The second kappa shape index (κ2) is 9.05. The molecule has 2 heterocycles. The molecule has 27 heavy (non-hydrogen) atoms. The number of aryl methyl sites for hydroxylation is 2. The van der Waals surface area contributed by atoms with Gasteiger partial charge in [-0.2, -0.15) is 0 Å². The van der Waals surface area contributed by atoms with Crippen LogP contribution in [0.15, 0.2) is 48.7 Å². The van der Waals surface area contributed by atoms with Crippen LogP contribution >= 0.6 is 0 Å². The number of rotatable bonds is 8. The largest absolute Gasteiger partial charge is 0.481 e. The van der Waals surface area contributed by atoms with Gasteiger partial charge >= 0.3 is 5.97 Å². The smallest absolute Gasteiger partial charge is 0.304 e. The predicted molar refractivity (Wildman–Crippen MR) is 110 cm³/mol. The van der Waals surface area contributed by atoms with E-state index in [1.165, 1.54) is 22.4 Å². The van der Waals surface area contributed by atoms with Crippen LogP contribution in [0.4, 0.5) is 0 Å². The van der Waals surface area contributed by atoms with E-state index >= 15 is 0 Å². The van der Waals surface area contributed by atoms with E-state index in [1.54, 1.807) is 0 Å². The Morgan fingerprint density at radius 2 is 2.07 bits per heavy atom. The summed E-state index contributed by atoms with van der Waals surface area (Å²) in [7, 11) is 2.08. The van der Waals surface area contributed by atoms with Gasteiger partial charge in [-0.3, -0.25) is 9.69 Å². The van der Waals surface area contributed by atoms with Crippen molar-refractivity contribution in [3.05, 3.63) is 65.5 Å². The molecule has 0 radical (unpaired) electrons. The highest BCUT2D eigenvalue weighted by molar-refractivity contribution is 5.80. The summed E-state index contributed by atoms with van der Waals surface area (Å²) in [6.07, 6.45) is 8.71. The Morgan fingerprint density at radius 1 is 1.26 bits per heavy atom. The number of carbonyl (C=O) groups is 1. The van der Waals surface area contributed by atoms with Gasteiger partial charge in [0, 0.05) is 37.1 Å². The highest BCUT2D eigenvalue weighted by atomic mass is 16.4. The third kappa shape index (κ3) is 4.69. The predicted octanol–water partition coefficient (Wildman–Crippen LogP) is 4.35. The lowest BCUT2D eigenvalue weighted by Crippen LogP contribution is -2.32. The molecule has 4 nitrogen and oxygen atoms in total. The molecular formula is C23H30N2O2. The molecule has 2 aromatic rings. The molecule has 1 aliphatic rings. The van der Waals surface area contributed by atoms with Gasteiger partial charge in [0.25, 0.3) is 0 Å². The molecule has 0 aliphatic carbocycles. The molecule has 1 atom stereocenters. The van der Waals surface area contributed by atoms with E-state index in [0.29, 0.717) is 0 Å². The molecule has 0 amide bonds. The summed E-state index contributed by atoms with van der Waals surface area (Å²) < 4.78 is 2.17. The molecule has 3 rings (SSSR count). The molecule has 1 aliphatic heterocycles. The summed E-state index contributed by atoms with van der Waals surface area (Å²) in [6.45, 7) is 4.12. The number of hydrogen-bond donors (Lipinski definition) is 1. The molecule has 0 unspecified atom stereocenters. The lowest BCUT2D eigenvalue weighted by molar-refractivity contribution is -0.138. The first kappa shape index (κ1) is 19.4. The molecule has 1 aromatic carbocycles. The lowest BCUT2D eigenvalue weighted by atomic mass is 9.95. The number of carboxylic acids is 1. The summed E-state index contributed by atoms with van der Waals surface area (Å²) in [5, 5.41) is 9.13. The first-order chi connectivity index (χ1) is 13.1. The SMILES string of the molecule is CCc1ccccc1C(=CCCN1CCC[C@H]1CC(=O)O)c1cccn1C. The van der Waals surface area contributed by atoms with Crippen molar-refractivity contribution in [2.45, 2.75) is 45.1 Å². The van der Waals surface area contributed by atoms with Gasteiger partial charge in [0.1, 0.15) is 0 Å². The fourth-order valence-electron chi connectivity index (χ4n) is 4.18. The Labute approximate surface area is 162 Å². The van der Waals surface area contributed by atoms with Crippen molar-refractivity contribution in [2.24, 2.45) is 7.05 Å². The van der Waals surface area contributed by atoms with E-state index in [1.807, 2.05) is 0 Å². The van der Waals surface area contributed by atoms with Gasteiger partial charge in [0.15, 0.2) is 0 Å². The molecule has 1 N–H and O–H groups in total. The zero-order valence-corrected chi connectivity index (χ0v) is 16.4. The number of likely N-dealkylation sites (tertiary alicyclic amines) is 1. The first-order valence-electron chi connectivity index (χ1n) is 9.96. The molecule has 0 spiro atoms. The third-order valence-electron chi connectivity index (χ3n) is 5.58. The molecule has 4 heteroatoms. The maximum Gasteiger partial charge on any atom is 0.304 e. The highest BCUT2D eigenvalue weighted by Gasteiger charge is 2.25. The van der Waals surface area contributed by atoms with Crippen molar-refractivity contribution >= 4 is 11.5 Å². The summed E-state index contributed by atoms with van der Waals surface area (Å²) in [5.41, 5.74) is 5.15. The van der Waals surface area contributed by atoms with Crippen LogP contribution in [0.5, 0.6) is 0 Å². The molecule has 1 aromatic heterocycles. The molecule has 1 saturated heterocycles. The van der Waals surface area contributed by atoms with Crippen LogP contribution in [0, 0.1) is 0 Å². The van der Waals surface area contributed by atoms with Gasteiger partial charge in [-0.15, -0.1) is 0 Å². The number of nitrogens with zero attached hydrogens (tertiary/aromatic N) is 2. The zero-order chi connectivity index (χ0) is 19.2. The van der Waals surface area contributed by atoms with Crippen LogP contribution in [0.2, 0.25) is 0 Å². The molecular weight excluding hydrogens is 336 g/mol. The van der Waals surface area contributed by atoms with Crippen molar-refractivity contribution in [2.75, 3.05) is 13.1 Å². The van der Waals surface area contributed by atoms with E-state index < -0.39 is 5.97 Å². The summed E-state index contributed by atoms with van der Waals surface area (Å²) in [5.74, 6) is -0.691. The Balaban J connectivity index is 1.81. The monoisotopic (exact) mass is 366 g/mol. The average Bonchev–Trinajstić information content (AvgIpc) is 3.27. The molecule has 0 bridgehead atoms. The number of benzene rings is 1. The van der Waals surface area contributed by atoms with E-state index in [0.717, 1.165) is 38.8 Å². The fraction of sp³-hybridized carbons (Fsp3) is 0.435. The van der Waals surface area contributed by atoms with Crippen LogP contribution in [0.25, 0.3) is 5.57 Å². The quantitative estimate of drug-likeness (QED) is 0.755. The van der Waals surface area contributed by atoms with E-state index in [4.69, 9.17) is 5.11 Å². The second-order valence-corrected chi connectivity index (χ2v) is 7.35. The number of carboxylic acid groups (broad SMARTS) is 1. The zero-order valence-electron chi connectivity index (χ0n) is 16.4. The van der Waals surface area contributed by atoms with Crippen LogP contribution in [0.1, 0.15) is 49.4 Å². The number of aromatic nitrogens is 1. The maximum atomic E-state index is 11.1. The lowest BCUT2D eigenvalue weighted by Gasteiger charge is -2.22. The topological polar surface area (TPSA) is 45.5 Å². The van der Waals surface area contributed by atoms with E-state index in [9.17, 15) is 4.79 Å². The van der Waals surface area contributed by atoms with Crippen LogP contribution in [0.3, 0.4) is 0 Å². The molecule has 1 fully saturated rings. The van der Waals surface area contributed by atoms with E-state index in [2.05, 4.69) is 72.1 Å². The summed E-state index contributed by atoms with van der Waals surface area (Å²) >= 11 is 0. The van der Waals surface area contributed by atoms with Gasteiger partial charge in [-0.05, 0) is 55.5 Å². The van der Waals surface area contributed by atoms with Crippen molar-refractivity contribution < 1.29 is 9.90 Å². The number of aliphatic carboxylic acids is 1. The van der Waals surface area contributed by atoms with Gasteiger partial charge in [-0.25, -0.2) is 0 Å². The Morgan fingerprint density at radius 3 is 2.78 bits per heavy atom. The van der Waals surface area contributed by atoms with Gasteiger partial charge in [-0.1, -0.05) is 37.3 Å². The maximum absolute atomic E-state index is 11.1. The minimum absolute atomic E-state index is 0.192. The van der Waals surface area contributed by atoms with Crippen LogP contribution in [-0.2, 0) is 18.3 Å². The Bertz CT molecular complexity index is 806. The van der Waals surface area contributed by atoms with Gasteiger partial charge in [0.05, 0.1) is 6.42 Å². The van der Waals surface area contributed by atoms with Crippen molar-refractivity contribution in [3.8, 4) is 0 Å². The minimum Gasteiger partial charge on any atom is -0.481 e. The second-order valence-electron chi connectivity index (χ2n) is 7.35. The van der Waals surface area contributed by atoms with Gasteiger partial charge < -0.3 is 9.67 Å². The normalized spacial score (nSPS) is 18.1. The standard InChI is InChI=1S/C23H30N2O2/c1-3-18-9-4-5-11-20(18)21(22-13-8-14-24(22)2)12-7-16-25-15-6-10-19(25)17-23(26)27/h4-5,8-9,11-14,19H,3,6-7,10,15-17H2,1-2H3,(H,26,27)/t19-/m0/s1. The summed E-state index contributed by atoms with van der Waals surface area (Å²) in [4.78, 5) is 13.4. The van der Waals surface area contributed by atoms with Crippen molar-refractivity contribution in [1.29, 1.82) is 0 Å². The van der Waals surface area contributed by atoms with Crippen LogP contribution < -0.4 is 0 Å². The Hall–Kier alpha value is -2.33. The first-order valence-corrected chi connectivity index (χ1v) is 9.96. The average molecular weight is 367 g/mol. The number of hydrogen-bond acceptors (Lipinski definition) is 2. The molecule has 0 saturated carbocycles. The summed E-state index contributed by atoms with van der Waals surface area (Å²) in [6, 6.07) is 13.1. The highest BCUT2D eigenvalue weighted by Crippen LogP contribution is 2.28. The van der Waals surface area contributed by atoms with Crippen molar-refractivity contribution in [1.82, 2.24) is 9.47 Å². The minimum atomic E-state index is -0.691. The Kier molecular flexibility index (Phi) is 6.51. The van der Waals surface area contributed by atoms with E-state index in [-0.39, 0.29) is 12.5 Å². The molecule has 144 valence electrons.